The van der Waals surface area contributed by atoms with Gasteiger partial charge in [-0.15, -0.1) is 11.8 Å². The lowest BCUT2D eigenvalue weighted by Crippen LogP contribution is -2.25. The van der Waals surface area contributed by atoms with Gasteiger partial charge in [-0.1, -0.05) is 17.7 Å². The molecule has 0 aliphatic heterocycles. The summed E-state index contributed by atoms with van der Waals surface area (Å²) in [5, 5.41) is 0. The molecule has 0 unspecified atom stereocenters. The molecule has 0 radical (unpaired) electrons. The summed E-state index contributed by atoms with van der Waals surface area (Å²) < 4.78 is 30.0. The van der Waals surface area contributed by atoms with Gasteiger partial charge in [0.05, 0.1) is 12.0 Å². The van der Waals surface area contributed by atoms with Gasteiger partial charge in [0.25, 0.3) is 0 Å². The van der Waals surface area contributed by atoms with Crippen molar-refractivity contribution in [2.24, 2.45) is 0 Å². The van der Waals surface area contributed by atoms with Crippen molar-refractivity contribution in [2.75, 3.05) is 16.7 Å². The highest BCUT2D eigenvalue weighted by molar-refractivity contribution is 8.00. The fourth-order valence-corrected chi connectivity index (χ4v) is 3.91. The number of Topliss-reactive ketones (excluding diaryl/α,β-unsaturated/α-hetero) is 1. The van der Waals surface area contributed by atoms with E-state index in [1.165, 1.54) is 43.0 Å². The number of esters is 1. The van der Waals surface area contributed by atoms with Crippen molar-refractivity contribution in [2.45, 2.75) is 31.8 Å². The predicted molar refractivity (Wildman–Crippen MR) is 111 cm³/mol. The lowest BCUT2D eigenvalue weighted by Gasteiger charge is -2.13. The van der Waals surface area contributed by atoms with E-state index in [0.29, 0.717) is 11.3 Å². The van der Waals surface area contributed by atoms with Gasteiger partial charge in [0, 0.05) is 16.1 Å². The maximum Gasteiger partial charge on any atom is 0.316 e. The van der Waals surface area contributed by atoms with Gasteiger partial charge in [-0.3, -0.25) is 14.3 Å². The Morgan fingerprint density at radius 2 is 1.75 bits per heavy atom. The Hall–Kier alpha value is -2.32. The molecule has 1 N–H and O–H groups in total. The van der Waals surface area contributed by atoms with E-state index in [2.05, 4.69) is 4.72 Å². The number of rotatable bonds is 8. The van der Waals surface area contributed by atoms with E-state index in [0.717, 1.165) is 22.3 Å². The molecule has 0 amide bonds. The second-order valence-corrected chi connectivity index (χ2v) is 9.27. The number of carbonyl (C=O) groups is 2. The van der Waals surface area contributed by atoms with Crippen molar-refractivity contribution in [1.82, 2.24) is 0 Å². The number of nitrogens with one attached hydrogen (secondary N) is 1. The van der Waals surface area contributed by atoms with Crippen LogP contribution in [-0.4, -0.2) is 38.3 Å². The van der Waals surface area contributed by atoms with Gasteiger partial charge >= 0.3 is 5.97 Å². The Morgan fingerprint density at radius 3 is 2.36 bits per heavy atom. The molecule has 0 heterocycles. The first-order valence-corrected chi connectivity index (χ1v) is 11.4. The molecule has 0 bridgehead atoms. The summed E-state index contributed by atoms with van der Waals surface area (Å²) in [6.07, 6.45) is 0.115. The molecular weight excluding hydrogens is 398 g/mol. The predicted octanol–water partition coefficient (Wildman–Crippen LogP) is 3.58. The van der Waals surface area contributed by atoms with Crippen LogP contribution in [0, 0.1) is 13.8 Å². The highest BCUT2D eigenvalue weighted by atomic mass is 32.2. The number of anilines is 1. The molecule has 2 aromatic rings. The van der Waals surface area contributed by atoms with E-state index in [1.807, 2.05) is 32.0 Å². The molecule has 0 fully saturated rings. The van der Waals surface area contributed by atoms with E-state index in [4.69, 9.17) is 4.74 Å². The van der Waals surface area contributed by atoms with Crippen LogP contribution in [0.3, 0.4) is 0 Å². The van der Waals surface area contributed by atoms with Crippen molar-refractivity contribution in [3.63, 3.8) is 0 Å². The molecule has 0 saturated heterocycles. The summed E-state index contributed by atoms with van der Waals surface area (Å²) in [5.41, 5.74) is 2.88. The molecule has 1 atom stereocenters. The largest absolute Gasteiger partial charge is 0.454 e. The third-order valence-corrected chi connectivity index (χ3v) is 5.58. The van der Waals surface area contributed by atoms with Gasteiger partial charge in [0.15, 0.2) is 6.10 Å². The second-order valence-electron chi connectivity index (χ2n) is 6.51. The van der Waals surface area contributed by atoms with Crippen molar-refractivity contribution in [3.05, 3.63) is 59.2 Å². The first kappa shape index (κ1) is 22.0. The van der Waals surface area contributed by atoms with Crippen LogP contribution in [0.1, 0.15) is 28.4 Å². The maximum absolute atomic E-state index is 12.4. The molecular formula is C20H23NO5S2. The van der Waals surface area contributed by atoms with Gasteiger partial charge < -0.3 is 4.74 Å². The fourth-order valence-electron chi connectivity index (χ4n) is 2.44. The molecule has 2 rings (SSSR count). The first-order valence-electron chi connectivity index (χ1n) is 8.57. The number of sulfonamides is 1. The number of benzene rings is 2. The minimum Gasteiger partial charge on any atom is -0.454 e. The molecule has 150 valence electrons. The van der Waals surface area contributed by atoms with Crippen LogP contribution in [0.5, 0.6) is 0 Å². The number of aryl methyl sites for hydroxylation is 2. The van der Waals surface area contributed by atoms with Crippen LogP contribution >= 0.6 is 11.8 Å². The molecule has 8 heteroatoms. The Kier molecular flexibility index (Phi) is 7.26. The lowest BCUT2D eigenvalue weighted by atomic mass is 10.1. The summed E-state index contributed by atoms with van der Waals surface area (Å²) in [5.74, 6) is -0.711. The lowest BCUT2D eigenvalue weighted by molar-refractivity contribution is -0.143. The molecule has 6 nitrogen and oxygen atoms in total. The average Bonchev–Trinajstić information content (AvgIpc) is 2.61. The quantitative estimate of drug-likeness (QED) is 0.398. The van der Waals surface area contributed by atoms with Crippen molar-refractivity contribution >= 4 is 39.2 Å². The Morgan fingerprint density at radius 1 is 1.11 bits per heavy atom. The summed E-state index contributed by atoms with van der Waals surface area (Å²) in [6.45, 7) is 5.48. The van der Waals surface area contributed by atoms with E-state index < -0.39 is 22.1 Å². The number of thioether (sulfide) groups is 1. The smallest absolute Gasteiger partial charge is 0.316 e. The van der Waals surface area contributed by atoms with E-state index >= 15 is 0 Å². The Bertz CT molecular complexity index is 969. The topological polar surface area (TPSA) is 89.5 Å². The number of hydrogen-bond donors (Lipinski definition) is 1. The molecule has 28 heavy (non-hydrogen) atoms. The zero-order valence-electron chi connectivity index (χ0n) is 16.2. The summed E-state index contributed by atoms with van der Waals surface area (Å²) in [6, 6.07) is 12.0. The standard InChI is InChI=1S/C20H23NO5S2/c1-13-5-6-14(2)18(11-13)27-12-19(22)26-15(3)20(23)16-7-9-17(10-8-16)21-28(4,24)25/h5-11,15,21H,12H2,1-4H3/t15-/m0/s1. The van der Waals surface area contributed by atoms with Crippen molar-refractivity contribution < 1.29 is 22.7 Å². The molecule has 2 aromatic carbocycles. The van der Waals surface area contributed by atoms with Crippen LogP contribution in [-0.2, 0) is 19.6 Å². The van der Waals surface area contributed by atoms with Crippen LogP contribution in [0.15, 0.2) is 47.4 Å². The number of carbonyl (C=O) groups excluding carboxylic acids is 2. The summed E-state index contributed by atoms with van der Waals surface area (Å²) in [7, 11) is -3.38. The average molecular weight is 422 g/mol. The zero-order chi connectivity index (χ0) is 20.9. The maximum atomic E-state index is 12.4. The van der Waals surface area contributed by atoms with Crippen LogP contribution < -0.4 is 4.72 Å². The van der Waals surface area contributed by atoms with Crippen LogP contribution in [0.25, 0.3) is 0 Å². The number of ether oxygens (including phenoxy) is 1. The SMILES string of the molecule is Cc1ccc(C)c(SCC(=O)O[C@@H](C)C(=O)c2ccc(NS(C)(=O)=O)cc2)c1. The Labute approximate surface area is 169 Å². The first-order chi connectivity index (χ1) is 13.0. The van der Waals surface area contributed by atoms with Crippen molar-refractivity contribution in [3.8, 4) is 0 Å². The molecule has 0 saturated carbocycles. The molecule has 0 aliphatic rings. The monoisotopic (exact) mass is 421 g/mol. The van der Waals surface area contributed by atoms with Gasteiger partial charge in [-0.2, -0.15) is 0 Å². The Balaban J connectivity index is 1.92. The van der Waals surface area contributed by atoms with Gasteiger partial charge in [-0.05, 0) is 56.7 Å². The van der Waals surface area contributed by atoms with Gasteiger partial charge in [0.2, 0.25) is 15.8 Å². The normalized spacial score (nSPS) is 12.3. The van der Waals surface area contributed by atoms with Crippen molar-refractivity contribution in [1.29, 1.82) is 0 Å². The van der Waals surface area contributed by atoms with Gasteiger partial charge in [0.1, 0.15) is 0 Å². The van der Waals surface area contributed by atoms with Crippen LogP contribution in [0.4, 0.5) is 5.69 Å². The van der Waals surface area contributed by atoms with E-state index in [9.17, 15) is 18.0 Å². The highest BCUT2D eigenvalue weighted by Crippen LogP contribution is 2.24. The molecule has 0 spiro atoms. The minimum absolute atomic E-state index is 0.110. The number of hydrogen-bond acceptors (Lipinski definition) is 6. The minimum atomic E-state index is -3.38. The van der Waals surface area contributed by atoms with E-state index in [-0.39, 0.29) is 11.5 Å². The third-order valence-electron chi connectivity index (χ3n) is 3.84. The number of ketones is 1. The fraction of sp³-hybridized carbons (Fsp3) is 0.300. The molecule has 0 aromatic heterocycles. The van der Waals surface area contributed by atoms with Gasteiger partial charge in [-0.25, -0.2) is 8.42 Å². The summed E-state index contributed by atoms with van der Waals surface area (Å²) >= 11 is 1.38. The van der Waals surface area contributed by atoms with E-state index in [1.54, 1.807) is 0 Å². The second kappa shape index (κ2) is 9.25. The summed E-state index contributed by atoms with van der Waals surface area (Å²) in [4.78, 5) is 25.5. The molecule has 0 aliphatic carbocycles. The zero-order valence-corrected chi connectivity index (χ0v) is 17.8. The third kappa shape index (κ3) is 6.69. The van der Waals surface area contributed by atoms with Crippen LogP contribution in [0.2, 0.25) is 0 Å². The highest BCUT2D eigenvalue weighted by Gasteiger charge is 2.20.